The molecule has 1 saturated carbocycles. The van der Waals surface area contributed by atoms with E-state index in [4.69, 9.17) is 0 Å². The lowest BCUT2D eigenvalue weighted by molar-refractivity contribution is -0.137. The van der Waals surface area contributed by atoms with Crippen molar-refractivity contribution < 1.29 is 18.0 Å². The number of piperidine rings is 1. The number of alkyl halides is 3. The zero-order valence-corrected chi connectivity index (χ0v) is 15.3. The van der Waals surface area contributed by atoms with E-state index in [1.807, 2.05) is 0 Å². The van der Waals surface area contributed by atoms with Gasteiger partial charge in [0.2, 0.25) is 0 Å². The number of aromatic nitrogens is 3. The summed E-state index contributed by atoms with van der Waals surface area (Å²) >= 11 is 0. The predicted molar refractivity (Wildman–Crippen MR) is 96.0 cm³/mol. The largest absolute Gasteiger partial charge is 0.418 e. The van der Waals surface area contributed by atoms with Gasteiger partial charge in [-0.1, -0.05) is 17.3 Å². The number of hydrogen-bond donors (Lipinski definition) is 1. The van der Waals surface area contributed by atoms with Gasteiger partial charge in [0.15, 0.2) is 5.69 Å². The summed E-state index contributed by atoms with van der Waals surface area (Å²) in [6.07, 6.45) is 1.09. The molecule has 1 aromatic heterocycles. The lowest BCUT2D eigenvalue weighted by Crippen LogP contribution is -2.45. The topological polar surface area (TPSA) is 63.1 Å². The van der Waals surface area contributed by atoms with Gasteiger partial charge in [-0.15, -0.1) is 5.10 Å². The number of nitrogens with zero attached hydrogens (tertiary/aromatic N) is 4. The number of para-hydroxylation sites is 1. The minimum atomic E-state index is -4.51. The Morgan fingerprint density at radius 1 is 1.14 bits per heavy atom. The second-order valence-corrected chi connectivity index (χ2v) is 7.48. The first-order valence-electron chi connectivity index (χ1n) is 9.53. The van der Waals surface area contributed by atoms with Crippen LogP contribution in [0.1, 0.15) is 41.7 Å². The highest BCUT2D eigenvalue weighted by atomic mass is 19.4. The van der Waals surface area contributed by atoms with E-state index in [0.717, 1.165) is 36.1 Å². The van der Waals surface area contributed by atoms with E-state index in [0.29, 0.717) is 19.1 Å². The summed E-state index contributed by atoms with van der Waals surface area (Å²) in [5.74, 6) is 0.519. The average molecular weight is 393 g/mol. The first-order valence-corrected chi connectivity index (χ1v) is 9.53. The van der Waals surface area contributed by atoms with Gasteiger partial charge in [-0.3, -0.25) is 4.79 Å². The van der Waals surface area contributed by atoms with E-state index in [1.54, 1.807) is 4.90 Å². The van der Waals surface area contributed by atoms with E-state index in [2.05, 4.69) is 15.6 Å². The second-order valence-electron chi connectivity index (χ2n) is 7.48. The zero-order chi connectivity index (χ0) is 19.7. The Morgan fingerprint density at radius 2 is 1.86 bits per heavy atom. The van der Waals surface area contributed by atoms with Crippen molar-refractivity contribution in [1.82, 2.24) is 25.2 Å². The minimum Gasteiger partial charge on any atom is -0.337 e. The third-order valence-corrected chi connectivity index (χ3v) is 5.34. The molecule has 0 spiro atoms. The number of amides is 1. The smallest absolute Gasteiger partial charge is 0.337 e. The summed E-state index contributed by atoms with van der Waals surface area (Å²) in [6.45, 7) is 2.26. The number of halogens is 3. The summed E-state index contributed by atoms with van der Waals surface area (Å²) < 4.78 is 40.6. The lowest BCUT2D eigenvalue weighted by Gasteiger charge is -2.32. The van der Waals surface area contributed by atoms with Gasteiger partial charge < -0.3 is 10.2 Å². The van der Waals surface area contributed by atoms with Crippen LogP contribution in [-0.2, 0) is 6.18 Å². The Morgan fingerprint density at radius 3 is 2.54 bits per heavy atom. The quantitative estimate of drug-likeness (QED) is 0.849. The van der Waals surface area contributed by atoms with Crippen molar-refractivity contribution in [2.45, 2.75) is 37.9 Å². The molecular formula is C19H22F3N5O. The molecule has 0 bridgehead atoms. The van der Waals surface area contributed by atoms with Crippen molar-refractivity contribution >= 4 is 5.91 Å². The summed E-state index contributed by atoms with van der Waals surface area (Å²) in [5.41, 5.74) is -0.910. The van der Waals surface area contributed by atoms with E-state index in [-0.39, 0.29) is 17.3 Å². The number of benzene rings is 1. The molecule has 28 heavy (non-hydrogen) atoms. The number of carbonyl (C=O) groups excluding carboxylic acids is 1. The van der Waals surface area contributed by atoms with Crippen LogP contribution in [0.25, 0.3) is 5.69 Å². The maximum Gasteiger partial charge on any atom is 0.418 e. The maximum absolute atomic E-state index is 13.2. The van der Waals surface area contributed by atoms with Gasteiger partial charge >= 0.3 is 6.18 Å². The standard InChI is InChI=1S/C19H22F3N5O/c20-19(21,22)15-3-1-2-4-17(15)27-12-16(24-25-27)18(28)26-9-7-14(8-10-26)23-11-13-5-6-13/h1-4,12-14,23H,5-11H2. The molecule has 0 radical (unpaired) electrons. The molecule has 0 unspecified atom stereocenters. The van der Waals surface area contributed by atoms with Gasteiger partial charge in [-0.05, 0) is 50.3 Å². The Kier molecular flexibility index (Phi) is 5.09. The normalized spacial score (nSPS) is 18.5. The maximum atomic E-state index is 13.2. The fourth-order valence-corrected chi connectivity index (χ4v) is 3.50. The highest BCUT2D eigenvalue weighted by Crippen LogP contribution is 2.33. The van der Waals surface area contributed by atoms with Gasteiger partial charge in [0.25, 0.3) is 5.91 Å². The van der Waals surface area contributed by atoms with E-state index in [9.17, 15) is 18.0 Å². The Hall–Kier alpha value is -2.42. The number of carbonyl (C=O) groups is 1. The fraction of sp³-hybridized carbons (Fsp3) is 0.526. The van der Waals surface area contributed by atoms with Crippen molar-refractivity contribution in [2.24, 2.45) is 5.92 Å². The average Bonchev–Trinajstić information content (AvgIpc) is 3.39. The molecule has 2 heterocycles. The molecule has 1 saturated heterocycles. The zero-order valence-electron chi connectivity index (χ0n) is 15.3. The third kappa shape index (κ3) is 4.19. The van der Waals surface area contributed by atoms with Crippen LogP contribution >= 0.6 is 0 Å². The van der Waals surface area contributed by atoms with Crippen LogP contribution in [0.3, 0.4) is 0 Å². The van der Waals surface area contributed by atoms with Crippen LogP contribution in [0.2, 0.25) is 0 Å². The van der Waals surface area contributed by atoms with Crippen LogP contribution in [0.5, 0.6) is 0 Å². The molecule has 1 aliphatic heterocycles. The highest BCUT2D eigenvalue weighted by molar-refractivity contribution is 5.92. The van der Waals surface area contributed by atoms with E-state index >= 15 is 0 Å². The van der Waals surface area contributed by atoms with Crippen molar-refractivity contribution in [3.8, 4) is 5.69 Å². The number of hydrogen-bond acceptors (Lipinski definition) is 4. The molecule has 150 valence electrons. The van der Waals surface area contributed by atoms with Gasteiger partial charge in [0.1, 0.15) is 0 Å². The summed E-state index contributed by atoms with van der Waals surface area (Å²) in [7, 11) is 0. The predicted octanol–water partition coefficient (Wildman–Crippen LogP) is 2.89. The second kappa shape index (κ2) is 7.54. The van der Waals surface area contributed by atoms with Crippen LogP contribution < -0.4 is 5.32 Å². The Labute approximate surface area is 160 Å². The highest BCUT2D eigenvalue weighted by Gasteiger charge is 2.34. The molecule has 2 aliphatic rings. The molecule has 9 heteroatoms. The molecule has 4 rings (SSSR count). The number of nitrogens with one attached hydrogen (secondary N) is 1. The van der Waals surface area contributed by atoms with Gasteiger partial charge in [-0.2, -0.15) is 13.2 Å². The molecule has 1 aliphatic carbocycles. The summed E-state index contributed by atoms with van der Waals surface area (Å²) in [4.78, 5) is 14.4. The SMILES string of the molecule is O=C(c1cn(-c2ccccc2C(F)(F)F)nn1)N1CCC(NCC2CC2)CC1. The van der Waals surface area contributed by atoms with Gasteiger partial charge in [0.05, 0.1) is 17.4 Å². The van der Waals surface area contributed by atoms with Crippen LogP contribution in [0.15, 0.2) is 30.5 Å². The first kappa shape index (κ1) is 18.9. The van der Waals surface area contributed by atoms with Crippen molar-refractivity contribution in [1.29, 1.82) is 0 Å². The monoisotopic (exact) mass is 393 g/mol. The Bertz CT molecular complexity index is 838. The van der Waals surface area contributed by atoms with Gasteiger partial charge in [-0.25, -0.2) is 4.68 Å². The van der Waals surface area contributed by atoms with E-state index in [1.165, 1.54) is 37.2 Å². The molecule has 2 fully saturated rings. The molecular weight excluding hydrogens is 371 g/mol. The lowest BCUT2D eigenvalue weighted by atomic mass is 10.0. The Balaban J connectivity index is 1.41. The van der Waals surface area contributed by atoms with Crippen molar-refractivity contribution in [3.05, 3.63) is 41.7 Å². The molecule has 1 N–H and O–H groups in total. The van der Waals surface area contributed by atoms with Crippen LogP contribution in [-0.4, -0.2) is 51.5 Å². The fourth-order valence-electron chi connectivity index (χ4n) is 3.50. The molecule has 1 aromatic carbocycles. The molecule has 1 amide bonds. The van der Waals surface area contributed by atoms with Gasteiger partial charge in [0, 0.05) is 19.1 Å². The minimum absolute atomic E-state index is 0.0568. The third-order valence-electron chi connectivity index (χ3n) is 5.34. The van der Waals surface area contributed by atoms with Crippen LogP contribution in [0, 0.1) is 5.92 Å². The van der Waals surface area contributed by atoms with Crippen molar-refractivity contribution in [2.75, 3.05) is 19.6 Å². The van der Waals surface area contributed by atoms with E-state index < -0.39 is 11.7 Å². The number of rotatable bonds is 5. The summed E-state index contributed by atoms with van der Waals surface area (Å²) in [6, 6.07) is 5.52. The number of likely N-dealkylation sites (tertiary alicyclic amines) is 1. The summed E-state index contributed by atoms with van der Waals surface area (Å²) in [5, 5.41) is 11.1. The van der Waals surface area contributed by atoms with Crippen molar-refractivity contribution in [3.63, 3.8) is 0 Å². The molecule has 0 atom stereocenters. The van der Waals surface area contributed by atoms with Crippen LogP contribution in [0.4, 0.5) is 13.2 Å². The first-order chi connectivity index (χ1) is 13.4. The molecule has 2 aromatic rings. The molecule has 6 nitrogen and oxygen atoms in total.